The molecule has 2 N–H and O–H groups in total. The van der Waals surface area contributed by atoms with Crippen LogP contribution in [-0.4, -0.2) is 25.7 Å². The van der Waals surface area contributed by atoms with Gasteiger partial charge in [-0.15, -0.1) is 5.10 Å². The van der Waals surface area contributed by atoms with Crippen molar-refractivity contribution in [1.29, 1.82) is 0 Å². The molecule has 0 bridgehead atoms. The Morgan fingerprint density at radius 2 is 1.88 bits per heavy atom. The van der Waals surface area contributed by atoms with E-state index < -0.39 is 11.9 Å². The van der Waals surface area contributed by atoms with Gasteiger partial charge in [0.15, 0.2) is 5.82 Å². The number of carbonyl (C=O) groups is 1. The van der Waals surface area contributed by atoms with Gasteiger partial charge in [-0.2, -0.15) is 4.39 Å². The van der Waals surface area contributed by atoms with Crippen molar-refractivity contribution in [2.24, 2.45) is 5.73 Å². The van der Waals surface area contributed by atoms with Crippen LogP contribution in [0.1, 0.15) is 16.7 Å². The lowest BCUT2D eigenvalue weighted by molar-refractivity contribution is -0.112. The van der Waals surface area contributed by atoms with E-state index in [2.05, 4.69) is 21.1 Å². The van der Waals surface area contributed by atoms with Gasteiger partial charge >= 0.3 is 0 Å². The highest BCUT2D eigenvalue weighted by Gasteiger charge is 2.11. The summed E-state index contributed by atoms with van der Waals surface area (Å²) in [5.74, 6) is -0.874. The summed E-state index contributed by atoms with van der Waals surface area (Å²) in [5, 5.41) is 4.34. The fraction of sp³-hybridized carbons (Fsp3) is 0.111. The molecule has 0 saturated carbocycles. The molecule has 3 rings (SSSR count). The van der Waals surface area contributed by atoms with Crippen LogP contribution in [0.3, 0.4) is 0 Å². The van der Waals surface area contributed by atoms with E-state index >= 15 is 0 Å². The van der Waals surface area contributed by atoms with Crippen LogP contribution in [0, 0.1) is 19.8 Å². The molecule has 2 aromatic heterocycles. The van der Waals surface area contributed by atoms with E-state index in [0.717, 1.165) is 22.8 Å². The molecule has 2 heterocycles. The molecule has 0 aliphatic heterocycles. The molecule has 25 heavy (non-hydrogen) atoms. The molecule has 126 valence electrons. The molecular formula is C18H16FN5O. The second-order valence-electron chi connectivity index (χ2n) is 5.70. The van der Waals surface area contributed by atoms with Crippen LogP contribution in [0.5, 0.6) is 0 Å². The maximum atomic E-state index is 13.3. The number of aromatic nitrogens is 4. The third-order valence-electron chi connectivity index (χ3n) is 3.55. The van der Waals surface area contributed by atoms with Gasteiger partial charge in [-0.3, -0.25) is 4.79 Å². The zero-order valence-electron chi connectivity index (χ0n) is 13.8. The van der Waals surface area contributed by atoms with E-state index in [1.807, 2.05) is 26.0 Å². The van der Waals surface area contributed by atoms with Crippen LogP contribution in [0.2, 0.25) is 0 Å². The maximum Gasteiger partial charge on any atom is 0.250 e. The predicted molar refractivity (Wildman–Crippen MR) is 92.5 cm³/mol. The van der Waals surface area contributed by atoms with Gasteiger partial charge in [-0.25, -0.2) is 14.6 Å². The highest BCUT2D eigenvalue weighted by molar-refractivity contribution is 6.22. The van der Waals surface area contributed by atoms with Crippen LogP contribution in [0.25, 0.3) is 23.2 Å². The molecule has 0 radical (unpaired) electrons. The molecule has 3 aromatic rings. The van der Waals surface area contributed by atoms with Gasteiger partial charge in [0, 0.05) is 24.0 Å². The Balaban J connectivity index is 2.00. The van der Waals surface area contributed by atoms with Crippen LogP contribution in [0.4, 0.5) is 4.39 Å². The van der Waals surface area contributed by atoms with E-state index in [4.69, 9.17) is 5.73 Å². The third-order valence-corrected chi connectivity index (χ3v) is 3.55. The lowest BCUT2D eigenvalue weighted by atomic mass is 10.1. The minimum atomic E-state index is -0.700. The van der Waals surface area contributed by atoms with Crippen LogP contribution >= 0.6 is 0 Å². The van der Waals surface area contributed by atoms with Crippen molar-refractivity contribution in [1.82, 2.24) is 19.7 Å². The Morgan fingerprint density at radius 3 is 2.52 bits per heavy atom. The summed E-state index contributed by atoms with van der Waals surface area (Å²) in [7, 11) is 0. The van der Waals surface area contributed by atoms with Gasteiger partial charge in [0.1, 0.15) is 6.33 Å². The summed E-state index contributed by atoms with van der Waals surface area (Å²) < 4.78 is 14.7. The van der Waals surface area contributed by atoms with Gasteiger partial charge in [0.05, 0.1) is 5.57 Å². The van der Waals surface area contributed by atoms with Crippen LogP contribution < -0.4 is 5.73 Å². The first-order valence-electron chi connectivity index (χ1n) is 7.56. The first-order chi connectivity index (χ1) is 11.9. The number of benzene rings is 1. The van der Waals surface area contributed by atoms with E-state index in [9.17, 15) is 9.18 Å². The van der Waals surface area contributed by atoms with Gasteiger partial charge in [-0.1, -0.05) is 17.2 Å². The second kappa shape index (κ2) is 6.64. The number of rotatable bonds is 4. The number of hydrogen-bond acceptors (Lipinski definition) is 4. The van der Waals surface area contributed by atoms with E-state index in [-0.39, 0.29) is 5.57 Å². The second-order valence-corrected chi connectivity index (χ2v) is 5.70. The van der Waals surface area contributed by atoms with Crippen LogP contribution in [0.15, 0.2) is 42.9 Å². The maximum absolute atomic E-state index is 13.3. The molecule has 1 amide bonds. The lowest BCUT2D eigenvalue weighted by Gasteiger charge is -2.03. The average molecular weight is 337 g/mol. The van der Waals surface area contributed by atoms with Crippen molar-refractivity contribution in [2.75, 3.05) is 0 Å². The van der Waals surface area contributed by atoms with Gasteiger partial charge < -0.3 is 5.73 Å². The molecule has 0 fully saturated rings. The van der Waals surface area contributed by atoms with Crippen molar-refractivity contribution in [3.8, 4) is 11.4 Å². The molecule has 0 atom stereocenters. The Hall–Kier alpha value is -3.35. The predicted octanol–water partition coefficient (Wildman–Crippen LogP) is 2.58. The number of aryl methyl sites for hydroxylation is 2. The fourth-order valence-corrected chi connectivity index (χ4v) is 2.56. The average Bonchev–Trinajstić information content (AvgIpc) is 3.00. The minimum Gasteiger partial charge on any atom is -0.366 e. The topological polar surface area (TPSA) is 86.7 Å². The van der Waals surface area contributed by atoms with E-state index in [0.29, 0.717) is 11.4 Å². The Labute approximate surface area is 143 Å². The Kier molecular flexibility index (Phi) is 4.38. The summed E-state index contributed by atoms with van der Waals surface area (Å²) in [6.45, 7) is 3.99. The number of pyridine rings is 1. The summed E-state index contributed by atoms with van der Waals surface area (Å²) in [4.78, 5) is 19.5. The highest BCUT2D eigenvalue weighted by atomic mass is 19.1. The molecule has 6 nitrogen and oxygen atoms in total. The summed E-state index contributed by atoms with van der Waals surface area (Å²) in [6.07, 6.45) is 4.15. The minimum absolute atomic E-state index is 0.109. The van der Waals surface area contributed by atoms with Gasteiger partial charge in [0.2, 0.25) is 5.95 Å². The van der Waals surface area contributed by atoms with Crippen molar-refractivity contribution in [3.05, 3.63) is 65.5 Å². The number of halogens is 1. The number of carbonyl (C=O) groups excluding carboxylic acids is 1. The first kappa shape index (κ1) is 16.5. The molecule has 0 unspecified atom stereocenters. The molecule has 0 aliphatic rings. The Morgan fingerprint density at radius 1 is 1.16 bits per heavy atom. The van der Waals surface area contributed by atoms with E-state index in [1.165, 1.54) is 29.5 Å². The monoisotopic (exact) mass is 337 g/mol. The van der Waals surface area contributed by atoms with Gasteiger partial charge in [0.25, 0.3) is 5.91 Å². The molecule has 7 heteroatoms. The smallest absolute Gasteiger partial charge is 0.250 e. The summed E-state index contributed by atoms with van der Waals surface area (Å²) >= 11 is 0. The summed E-state index contributed by atoms with van der Waals surface area (Å²) in [6, 6.07) is 8.65. The van der Waals surface area contributed by atoms with Crippen molar-refractivity contribution in [2.45, 2.75) is 13.8 Å². The molecule has 0 spiro atoms. The quantitative estimate of drug-likeness (QED) is 0.585. The molecular weight excluding hydrogens is 321 g/mol. The standard InChI is InChI=1S/C18H16FN5O/c1-11-5-12(2)7-14(6-11)18-22-10-24(23-18)9-15(17(20)25)13-3-4-21-16(19)8-13/h3-10H,1-2H3,(H2,20,25). The van der Waals surface area contributed by atoms with Gasteiger partial charge in [-0.05, 0) is 37.6 Å². The normalized spacial score (nSPS) is 11.6. The first-order valence-corrected chi connectivity index (χ1v) is 7.56. The summed E-state index contributed by atoms with van der Waals surface area (Å²) in [5.41, 5.74) is 8.93. The zero-order chi connectivity index (χ0) is 18.0. The highest BCUT2D eigenvalue weighted by Crippen LogP contribution is 2.19. The van der Waals surface area contributed by atoms with E-state index in [1.54, 1.807) is 0 Å². The number of amides is 1. The van der Waals surface area contributed by atoms with Crippen LogP contribution in [-0.2, 0) is 4.79 Å². The third kappa shape index (κ3) is 3.77. The fourth-order valence-electron chi connectivity index (χ4n) is 2.56. The zero-order valence-corrected chi connectivity index (χ0v) is 13.8. The largest absolute Gasteiger partial charge is 0.366 e. The number of hydrogen-bond donors (Lipinski definition) is 1. The SMILES string of the molecule is Cc1cc(C)cc(-c2ncn(C=C(C(N)=O)c3ccnc(F)c3)n2)c1. The molecule has 0 saturated heterocycles. The molecule has 1 aromatic carbocycles. The number of primary amides is 1. The Bertz CT molecular complexity index is 957. The van der Waals surface area contributed by atoms with Crippen molar-refractivity contribution >= 4 is 17.7 Å². The van der Waals surface area contributed by atoms with Crippen molar-refractivity contribution in [3.63, 3.8) is 0 Å². The molecule has 0 aliphatic carbocycles. The number of nitrogens with two attached hydrogens (primary N) is 1. The number of nitrogens with zero attached hydrogens (tertiary/aromatic N) is 4. The lowest BCUT2D eigenvalue weighted by Crippen LogP contribution is -2.14. The van der Waals surface area contributed by atoms with Crippen molar-refractivity contribution < 1.29 is 9.18 Å².